The Labute approximate surface area is 148 Å². The van der Waals surface area contributed by atoms with Crippen molar-refractivity contribution in [3.05, 3.63) is 29.3 Å². The molecule has 1 aromatic rings. The van der Waals surface area contributed by atoms with Crippen molar-refractivity contribution in [1.82, 2.24) is 15.1 Å². The molecule has 2 heterocycles. The molecule has 26 heavy (non-hydrogen) atoms. The van der Waals surface area contributed by atoms with Gasteiger partial charge in [-0.15, -0.1) is 0 Å². The SMILES string of the molecule is CCCNC(=O)N1C[C@@H]2Oc3ccc(C(F)(F)F)cc3C(=O)N(C)[C@@H]2C1. The molecule has 0 aromatic heterocycles. The van der Waals surface area contributed by atoms with Crippen molar-refractivity contribution in [1.29, 1.82) is 0 Å². The van der Waals surface area contributed by atoms with E-state index in [0.717, 1.165) is 18.6 Å². The Morgan fingerprint density at radius 1 is 1.35 bits per heavy atom. The summed E-state index contributed by atoms with van der Waals surface area (Å²) >= 11 is 0. The molecule has 2 atom stereocenters. The van der Waals surface area contributed by atoms with E-state index in [9.17, 15) is 22.8 Å². The Morgan fingerprint density at radius 3 is 2.73 bits per heavy atom. The number of likely N-dealkylation sites (N-methyl/N-ethyl adjacent to an activating group) is 1. The van der Waals surface area contributed by atoms with Gasteiger partial charge >= 0.3 is 12.2 Å². The predicted octanol–water partition coefficient (Wildman–Crippen LogP) is 2.34. The molecule has 1 N–H and O–H groups in total. The smallest absolute Gasteiger partial charge is 0.416 e. The van der Waals surface area contributed by atoms with Crippen molar-refractivity contribution in [3.8, 4) is 5.75 Å². The first-order valence-electron chi connectivity index (χ1n) is 8.40. The summed E-state index contributed by atoms with van der Waals surface area (Å²) in [6.07, 6.45) is -4.23. The maximum Gasteiger partial charge on any atom is 0.416 e. The minimum absolute atomic E-state index is 0.109. The Balaban J connectivity index is 1.85. The van der Waals surface area contributed by atoms with E-state index in [4.69, 9.17) is 4.74 Å². The number of ether oxygens (including phenoxy) is 1. The van der Waals surface area contributed by atoms with Gasteiger partial charge in [-0.05, 0) is 24.6 Å². The van der Waals surface area contributed by atoms with Crippen molar-refractivity contribution >= 4 is 11.9 Å². The predicted molar refractivity (Wildman–Crippen MR) is 87.0 cm³/mol. The van der Waals surface area contributed by atoms with Crippen LogP contribution in [0.3, 0.4) is 0 Å². The van der Waals surface area contributed by atoms with Crippen LogP contribution in [0, 0.1) is 0 Å². The molecule has 0 spiro atoms. The fourth-order valence-electron chi connectivity index (χ4n) is 3.23. The number of nitrogens with one attached hydrogen (secondary N) is 1. The molecule has 0 aliphatic carbocycles. The van der Waals surface area contributed by atoms with Gasteiger partial charge in [0.2, 0.25) is 0 Å². The highest BCUT2D eigenvalue weighted by Crippen LogP contribution is 2.36. The first-order chi connectivity index (χ1) is 12.2. The zero-order valence-corrected chi connectivity index (χ0v) is 14.5. The van der Waals surface area contributed by atoms with Crippen LogP contribution < -0.4 is 10.1 Å². The lowest BCUT2D eigenvalue weighted by molar-refractivity contribution is -0.137. The normalized spacial score (nSPS) is 22.4. The monoisotopic (exact) mass is 371 g/mol. The van der Waals surface area contributed by atoms with E-state index in [2.05, 4.69) is 5.32 Å². The topological polar surface area (TPSA) is 61.9 Å². The van der Waals surface area contributed by atoms with Gasteiger partial charge in [0.25, 0.3) is 5.91 Å². The van der Waals surface area contributed by atoms with Gasteiger partial charge in [0, 0.05) is 20.1 Å². The van der Waals surface area contributed by atoms with Crippen LogP contribution >= 0.6 is 0 Å². The fraction of sp³-hybridized carbons (Fsp3) is 0.529. The second-order valence-corrected chi connectivity index (χ2v) is 6.49. The number of fused-ring (bicyclic) bond motifs is 2. The molecule has 1 aromatic carbocycles. The van der Waals surface area contributed by atoms with Crippen LogP contribution in [0.15, 0.2) is 18.2 Å². The molecule has 142 valence electrons. The van der Waals surface area contributed by atoms with E-state index >= 15 is 0 Å². The molecule has 6 nitrogen and oxygen atoms in total. The quantitative estimate of drug-likeness (QED) is 0.868. The molecule has 3 rings (SSSR count). The van der Waals surface area contributed by atoms with Gasteiger partial charge in [-0.2, -0.15) is 13.2 Å². The minimum Gasteiger partial charge on any atom is -0.486 e. The summed E-state index contributed by atoms with van der Waals surface area (Å²) in [5, 5.41) is 2.77. The first-order valence-corrected chi connectivity index (χ1v) is 8.40. The summed E-state index contributed by atoms with van der Waals surface area (Å²) in [5.74, 6) is -0.437. The molecule has 0 radical (unpaired) electrons. The molecular weight excluding hydrogens is 351 g/mol. The standard InChI is InChI=1S/C17H20F3N3O3/c1-3-6-21-16(25)23-8-12-14(9-23)26-13-5-4-10(17(18,19)20)7-11(13)15(24)22(12)2/h4-5,7,12,14H,3,6,8-9H2,1-2H3,(H,21,25)/t12-,14+/m1/s1. The molecule has 1 saturated heterocycles. The number of halogens is 3. The van der Waals surface area contributed by atoms with E-state index in [1.807, 2.05) is 6.92 Å². The lowest BCUT2D eigenvalue weighted by Gasteiger charge is -2.25. The first kappa shape index (κ1) is 18.3. The van der Waals surface area contributed by atoms with E-state index in [1.165, 1.54) is 18.0 Å². The second kappa shape index (κ2) is 6.69. The van der Waals surface area contributed by atoms with E-state index < -0.39 is 29.8 Å². The fourth-order valence-corrected chi connectivity index (χ4v) is 3.23. The molecule has 0 bridgehead atoms. The lowest BCUT2D eigenvalue weighted by Crippen LogP contribution is -2.44. The van der Waals surface area contributed by atoms with Crippen LogP contribution in [0.5, 0.6) is 5.75 Å². The maximum atomic E-state index is 12.9. The Morgan fingerprint density at radius 2 is 2.08 bits per heavy atom. The Hall–Kier alpha value is -2.45. The molecule has 2 aliphatic rings. The Kier molecular flexibility index (Phi) is 4.72. The average Bonchev–Trinajstić information content (AvgIpc) is 2.98. The minimum atomic E-state index is -4.54. The van der Waals surface area contributed by atoms with E-state index in [-0.39, 0.29) is 30.4 Å². The summed E-state index contributed by atoms with van der Waals surface area (Å²) < 4.78 is 44.6. The van der Waals surface area contributed by atoms with Crippen LogP contribution in [-0.4, -0.2) is 60.6 Å². The molecule has 3 amide bonds. The number of amides is 3. The van der Waals surface area contributed by atoms with E-state index in [0.29, 0.717) is 6.54 Å². The molecular formula is C17H20F3N3O3. The number of benzene rings is 1. The maximum absolute atomic E-state index is 12.9. The van der Waals surface area contributed by atoms with Crippen molar-refractivity contribution in [2.75, 3.05) is 26.7 Å². The zero-order valence-electron chi connectivity index (χ0n) is 14.5. The summed E-state index contributed by atoms with van der Waals surface area (Å²) in [7, 11) is 1.52. The number of carbonyl (C=O) groups excluding carboxylic acids is 2. The summed E-state index contributed by atoms with van der Waals surface area (Å²) in [4.78, 5) is 27.7. The Bertz CT molecular complexity index is 723. The highest BCUT2D eigenvalue weighted by Gasteiger charge is 2.44. The van der Waals surface area contributed by atoms with Crippen molar-refractivity contribution < 1.29 is 27.5 Å². The van der Waals surface area contributed by atoms with Gasteiger partial charge < -0.3 is 19.9 Å². The van der Waals surface area contributed by atoms with Crippen molar-refractivity contribution in [2.24, 2.45) is 0 Å². The van der Waals surface area contributed by atoms with Crippen LogP contribution in [0.4, 0.5) is 18.0 Å². The number of carbonyl (C=O) groups is 2. The largest absolute Gasteiger partial charge is 0.486 e. The van der Waals surface area contributed by atoms with Crippen LogP contribution in [-0.2, 0) is 6.18 Å². The average molecular weight is 371 g/mol. The second-order valence-electron chi connectivity index (χ2n) is 6.49. The number of alkyl halides is 3. The van der Waals surface area contributed by atoms with Gasteiger partial charge in [0.05, 0.1) is 23.7 Å². The molecule has 0 saturated carbocycles. The summed E-state index contributed by atoms with van der Waals surface area (Å²) in [5.41, 5.74) is -1.01. The van der Waals surface area contributed by atoms with Crippen LogP contribution in [0.25, 0.3) is 0 Å². The zero-order chi connectivity index (χ0) is 19.1. The third-order valence-electron chi connectivity index (χ3n) is 4.68. The third kappa shape index (κ3) is 3.30. The highest BCUT2D eigenvalue weighted by atomic mass is 19.4. The lowest BCUT2D eigenvalue weighted by atomic mass is 10.1. The number of nitrogens with zero attached hydrogens (tertiary/aromatic N) is 2. The third-order valence-corrected chi connectivity index (χ3v) is 4.68. The summed E-state index contributed by atoms with van der Waals surface area (Å²) in [6, 6.07) is 2.23. The number of hydrogen-bond acceptors (Lipinski definition) is 3. The number of likely N-dealkylation sites (tertiary alicyclic amines) is 1. The van der Waals surface area contributed by atoms with Gasteiger partial charge in [-0.3, -0.25) is 4.79 Å². The molecule has 1 fully saturated rings. The molecule has 9 heteroatoms. The summed E-state index contributed by atoms with van der Waals surface area (Å²) in [6.45, 7) is 3.01. The number of urea groups is 1. The van der Waals surface area contributed by atoms with Crippen molar-refractivity contribution in [3.63, 3.8) is 0 Å². The van der Waals surface area contributed by atoms with Crippen LogP contribution in [0.2, 0.25) is 0 Å². The van der Waals surface area contributed by atoms with Crippen molar-refractivity contribution in [2.45, 2.75) is 31.7 Å². The molecule has 2 aliphatic heterocycles. The van der Waals surface area contributed by atoms with Gasteiger partial charge in [0.15, 0.2) is 0 Å². The number of hydrogen-bond donors (Lipinski definition) is 1. The van der Waals surface area contributed by atoms with Gasteiger partial charge in [-0.25, -0.2) is 4.79 Å². The van der Waals surface area contributed by atoms with Gasteiger partial charge in [-0.1, -0.05) is 6.92 Å². The van der Waals surface area contributed by atoms with Crippen LogP contribution in [0.1, 0.15) is 29.3 Å². The molecule has 0 unspecified atom stereocenters. The highest BCUT2D eigenvalue weighted by molar-refractivity contribution is 5.97. The van der Waals surface area contributed by atoms with E-state index in [1.54, 1.807) is 4.90 Å². The number of rotatable bonds is 2. The van der Waals surface area contributed by atoms with Gasteiger partial charge in [0.1, 0.15) is 11.9 Å².